The van der Waals surface area contributed by atoms with E-state index in [4.69, 9.17) is 5.10 Å². The number of likely N-dealkylation sites (tertiary alicyclic amines) is 1. The maximum Gasteiger partial charge on any atom is 0.274 e. The average Bonchev–Trinajstić information content (AvgIpc) is 2.92. The molecular formula is C24H32N4O. The molecule has 1 aromatic carbocycles. The van der Waals surface area contributed by atoms with Gasteiger partial charge in [0.15, 0.2) is 5.69 Å². The molecule has 154 valence electrons. The summed E-state index contributed by atoms with van der Waals surface area (Å²) >= 11 is 0. The molecule has 1 N–H and O–H groups in total. The molecule has 2 aromatic rings. The number of aromatic nitrogens is 2. The number of carbonyl (C=O) groups is 1. The normalized spacial score (nSPS) is 19.4. The number of benzene rings is 1. The molecule has 0 saturated carbocycles. The fraction of sp³-hybridized carbons (Fsp3) is 0.500. The van der Waals surface area contributed by atoms with Crippen LogP contribution in [0.15, 0.2) is 43.0 Å². The number of fused-ring (bicyclic) bond motifs is 1. The molecule has 1 atom stereocenters. The lowest BCUT2D eigenvalue weighted by atomic mass is 9.91. The van der Waals surface area contributed by atoms with Crippen molar-refractivity contribution in [2.45, 2.75) is 64.1 Å². The van der Waals surface area contributed by atoms with Gasteiger partial charge < -0.3 is 10.2 Å². The molecule has 5 nitrogen and oxygen atoms in total. The summed E-state index contributed by atoms with van der Waals surface area (Å²) in [7, 11) is 0. The third-order valence-corrected chi connectivity index (χ3v) is 6.18. The summed E-state index contributed by atoms with van der Waals surface area (Å²) in [6, 6.07) is 10.9. The molecule has 1 aliphatic carbocycles. The van der Waals surface area contributed by atoms with Crippen molar-refractivity contribution in [3.8, 4) is 0 Å². The van der Waals surface area contributed by atoms with Crippen LogP contribution >= 0.6 is 0 Å². The van der Waals surface area contributed by atoms with Gasteiger partial charge in [-0.15, -0.1) is 6.58 Å². The summed E-state index contributed by atoms with van der Waals surface area (Å²) < 4.78 is 2.00. The monoisotopic (exact) mass is 392 g/mol. The highest BCUT2D eigenvalue weighted by Gasteiger charge is 2.31. The molecular weight excluding hydrogens is 360 g/mol. The Labute approximate surface area is 173 Å². The number of carbonyl (C=O) groups excluding carboxylic acids is 1. The van der Waals surface area contributed by atoms with Crippen molar-refractivity contribution in [2.75, 3.05) is 13.1 Å². The smallest absolute Gasteiger partial charge is 0.274 e. The van der Waals surface area contributed by atoms with E-state index in [-0.39, 0.29) is 5.91 Å². The van der Waals surface area contributed by atoms with Crippen molar-refractivity contribution in [3.63, 3.8) is 0 Å². The summed E-state index contributed by atoms with van der Waals surface area (Å²) in [6.45, 7) is 7.11. The Morgan fingerprint density at radius 1 is 1.17 bits per heavy atom. The Kier molecular flexibility index (Phi) is 6.45. The van der Waals surface area contributed by atoms with Gasteiger partial charge in [-0.05, 0) is 37.7 Å². The van der Waals surface area contributed by atoms with Crippen LogP contribution in [-0.2, 0) is 25.9 Å². The molecule has 1 aromatic heterocycles. The number of nitrogens with one attached hydrogen (secondary N) is 1. The van der Waals surface area contributed by atoms with E-state index < -0.39 is 0 Å². The van der Waals surface area contributed by atoms with Crippen LogP contribution in [-0.4, -0.2) is 39.7 Å². The minimum Gasteiger partial charge on any atom is -0.337 e. The van der Waals surface area contributed by atoms with Gasteiger partial charge in [0.05, 0.1) is 6.54 Å². The molecule has 0 bridgehead atoms. The molecule has 0 radical (unpaired) electrons. The second-order valence-electron chi connectivity index (χ2n) is 8.26. The topological polar surface area (TPSA) is 50.2 Å². The van der Waals surface area contributed by atoms with E-state index in [1.807, 2.05) is 21.7 Å². The van der Waals surface area contributed by atoms with E-state index in [2.05, 4.69) is 36.2 Å². The van der Waals surface area contributed by atoms with Gasteiger partial charge in [-0.2, -0.15) is 5.10 Å². The van der Waals surface area contributed by atoms with Crippen molar-refractivity contribution in [2.24, 2.45) is 0 Å². The lowest BCUT2D eigenvalue weighted by Gasteiger charge is -2.25. The zero-order chi connectivity index (χ0) is 20.1. The average molecular weight is 393 g/mol. The van der Waals surface area contributed by atoms with Crippen molar-refractivity contribution in [1.29, 1.82) is 0 Å². The Morgan fingerprint density at radius 3 is 2.66 bits per heavy atom. The number of allylic oxidation sites excluding steroid dienone is 1. The van der Waals surface area contributed by atoms with Crippen LogP contribution in [0.25, 0.3) is 0 Å². The van der Waals surface area contributed by atoms with E-state index in [1.54, 1.807) is 0 Å². The van der Waals surface area contributed by atoms with Gasteiger partial charge in [0.1, 0.15) is 0 Å². The lowest BCUT2D eigenvalue weighted by molar-refractivity contribution is 0.0753. The molecule has 1 saturated heterocycles. The molecule has 0 spiro atoms. The standard InChI is InChI=1S/C24H32N4O/c1-2-14-28-22-13-12-20(25-18-19-10-6-5-7-11-19)17-21(22)23(26-28)24(29)27-15-8-3-4-9-16-27/h2,5-7,10-11,20,25H,1,3-4,8-9,12-18H2. The number of nitrogens with zero attached hydrogens (tertiary/aromatic N) is 3. The summed E-state index contributed by atoms with van der Waals surface area (Å²) in [4.78, 5) is 15.4. The Balaban J connectivity index is 1.52. The van der Waals surface area contributed by atoms with Crippen LogP contribution in [0.4, 0.5) is 0 Å². The van der Waals surface area contributed by atoms with Crippen molar-refractivity contribution < 1.29 is 4.79 Å². The van der Waals surface area contributed by atoms with Gasteiger partial charge in [-0.3, -0.25) is 9.48 Å². The minimum atomic E-state index is 0.120. The van der Waals surface area contributed by atoms with Gasteiger partial charge in [-0.25, -0.2) is 0 Å². The maximum absolute atomic E-state index is 13.3. The van der Waals surface area contributed by atoms with Crippen LogP contribution in [0.1, 0.15) is 59.4 Å². The van der Waals surface area contributed by atoms with Crippen LogP contribution < -0.4 is 5.32 Å². The highest BCUT2D eigenvalue weighted by molar-refractivity contribution is 5.94. The van der Waals surface area contributed by atoms with Gasteiger partial charge in [-0.1, -0.05) is 49.2 Å². The number of amides is 1. The lowest BCUT2D eigenvalue weighted by Crippen LogP contribution is -2.36. The van der Waals surface area contributed by atoms with Crippen LogP contribution in [0, 0.1) is 0 Å². The molecule has 1 amide bonds. The van der Waals surface area contributed by atoms with Crippen molar-refractivity contribution in [1.82, 2.24) is 20.0 Å². The van der Waals surface area contributed by atoms with E-state index >= 15 is 0 Å². The number of rotatable bonds is 6. The SMILES string of the molecule is C=CCn1nc(C(=O)N2CCCCCC2)c2c1CCC(NCc1ccccc1)C2. The number of hydrogen-bond donors (Lipinski definition) is 1. The first kappa shape index (κ1) is 19.9. The summed E-state index contributed by atoms with van der Waals surface area (Å²) in [5.41, 5.74) is 4.34. The second kappa shape index (κ2) is 9.40. The van der Waals surface area contributed by atoms with Crippen molar-refractivity contribution >= 4 is 5.91 Å². The Hall–Kier alpha value is -2.40. The van der Waals surface area contributed by atoms with Crippen molar-refractivity contribution in [3.05, 3.63) is 65.5 Å². The predicted molar refractivity (Wildman–Crippen MR) is 116 cm³/mol. The summed E-state index contributed by atoms with van der Waals surface area (Å²) in [5, 5.41) is 8.46. The molecule has 4 rings (SSSR count). The Morgan fingerprint density at radius 2 is 1.93 bits per heavy atom. The molecule has 2 aliphatic rings. The van der Waals surface area contributed by atoms with E-state index in [9.17, 15) is 4.79 Å². The first-order valence-corrected chi connectivity index (χ1v) is 11.0. The molecule has 1 fully saturated rings. The van der Waals surface area contributed by atoms with Gasteiger partial charge in [0.25, 0.3) is 5.91 Å². The largest absolute Gasteiger partial charge is 0.337 e. The highest BCUT2D eigenvalue weighted by atomic mass is 16.2. The molecule has 5 heteroatoms. The predicted octanol–water partition coefficient (Wildman–Crippen LogP) is 3.73. The van der Waals surface area contributed by atoms with Gasteiger partial charge in [0, 0.05) is 36.9 Å². The van der Waals surface area contributed by atoms with Crippen LogP contribution in [0.5, 0.6) is 0 Å². The van der Waals surface area contributed by atoms with E-state index in [0.29, 0.717) is 18.3 Å². The first-order chi connectivity index (χ1) is 14.3. The van der Waals surface area contributed by atoms with Gasteiger partial charge in [0.2, 0.25) is 0 Å². The zero-order valence-corrected chi connectivity index (χ0v) is 17.3. The summed E-state index contributed by atoms with van der Waals surface area (Å²) in [6.07, 6.45) is 9.40. The van der Waals surface area contributed by atoms with Gasteiger partial charge >= 0.3 is 0 Å². The third-order valence-electron chi connectivity index (χ3n) is 6.18. The fourth-order valence-corrected chi connectivity index (χ4v) is 4.59. The summed E-state index contributed by atoms with van der Waals surface area (Å²) in [5.74, 6) is 0.120. The quantitative estimate of drug-likeness (QED) is 0.762. The van der Waals surface area contributed by atoms with Crippen LogP contribution in [0.3, 0.4) is 0 Å². The molecule has 1 aliphatic heterocycles. The van der Waals surface area contributed by atoms with E-state index in [0.717, 1.165) is 57.3 Å². The highest BCUT2D eigenvalue weighted by Crippen LogP contribution is 2.27. The minimum absolute atomic E-state index is 0.120. The zero-order valence-electron chi connectivity index (χ0n) is 17.3. The molecule has 1 unspecified atom stereocenters. The second-order valence-corrected chi connectivity index (χ2v) is 8.26. The maximum atomic E-state index is 13.3. The molecule has 2 heterocycles. The first-order valence-electron chi connectivity index (χ1n) is 11.0. The van der Waals surface area contributed by atoms with E-state index in [1.165, 1.54) is 24.1 Å². The number of hydrogen-bond acceptors (Lipinski definition) is 3. The van der Waals surface area contributed by atoms with Crippen LogP contribution in [0.2, 0.25) is 0 Å². The molecule has 29 heavy (non-hydrogen) atoms. The third kappa shape index (κ3) is 4.61. The Bertz CT molecular complexity index is 834. The fourth-order valence-electron chi connectivity index (χ4n) is 4.59.